The lowest BCUT2D eigenvalue weighted by Crippen LogP contribution is -2.71. The van der Waals surface area contributed by atoms with Crippen molar-refractivity contribution in [1.29, 1.82) is 0 Å². The first kappa shape index (κ1) is 13.1. The van der Waals surface area contributed by atoms with Gasteiger partial charge in [0.05, 0.1) is 0 Å². The summed E-state index contributed by atoms with van der Waals surface area (Å²) in [5.41, 5.74) is -1.53. The van der Waals surface area contributed by atoms with Crippen molar-refractivity contribution in [3.63, 3.8) is 0 Å². The molecular weight excluding hydrogens is 244 g/mol. The van der Waals surface area contributed by atoms with E-state index in [1.54, 1.807) is 0 Å². The first-order valence-corrected chi connectivity index (χ1v) is 4.01. The van der Waals surface area contributed by atoms with Gasteiger partial charge in [-0.3, -0.25) is 4.79 Å². The van der Waals surface area contributed by atoms with E-state index in [1.165, 1.54) is 0 Å². The number of rotatable bonds is 1. The van der Waals surface area contributed by atoms with Gasteiger partial charge in [0.1, 0.15) is 5.54 Å². The molecule has 0 spiro atoms. The van der Waals surface area contributed by atoms with Gasteiger partial charge in [0, 0.05) is 0 Å². The van der Waals surface area contributed by atoms with E-state index in [0.29, 0.717) is 0 Å². The zero-order valence-corrected chi connectivity index (χ0v) is 7.61. The summed E-state index contributed by atoms with van der Waals surface area (Å²) in [6.07, 6.45) is -14.5. The maximum atomic E-state index is 12.3. The number of nitrogens with two attached hydrogens (primary N) is 1. The molecule has 1 rings (SSSR count). The summed E-state index contributed by atoms with van der Waals surface area (Å²) in [6, 6.07) is 0. The summed E-state index contributed by atoms with van der Waals surface area (Å²) in [7, 11) is 0. The van der Waals surface area contributed by atoms with Crippen molar-refractivity contribution in [2.24, 2.45) is 11.1 Å². The molecule has 0 unspecified atom stereocenters. The van der Waals surface area contributed by atoms with E-state index in [-0.39, 0.29) is 0 Å². The fraction of sp³-hybridized carbons (Fsp3) is 0.857. The molecule has 0 atom stereocenters. The number of halogens is 6. The molecule has 0 bridgehead atoms. The number of carbonyl (C=O) groups is 1. The summed E-state index contributed by atoms with van der Waals surface area (Å²) in [6.45, 7) is 0. The predicted octanol–water partition coefficient (Wildman–Crippen LogP) is 1.67. The third kappa shape index (κ3) is 1.53. The Bertz CT molecular complexity index is 298. The summed E-state index contributed by atoms with van der Waals surface area (Å²) in [5.74, 6) is -1.86. The molecule has 0 aromatic heterocycles. The molecule has 0 saturated heterocycles. The Labute approximate surface area is 85.2 Å². The molecule has 0 aromatic carbocycles. The van der Waals surface area contributed by atoms with Crippen LogP contribution in [-0.4, -0.2) is 29.0 Å². The van der Waals surface area contributed by atoms with E-state index in [2.05, 4.69) is 0 Å². The van der Waals surface area contributed by atoms with E-state index < -0.39 is 42.1 Å². The zero-order valence-electron chi connectivity index (χ0n) is 7.61. The molecule has 94 valence electrons. The van der Waals surface area contributed by atoms with E-state index >= 15 is 0 Å². The molecule has 0 amide bonds. The van der Waals surface area contributed by atoms with Crippen molar-refractivity contribution in [3.8, 4) is 0 Å². The minimum atomic E-state index is -5.55. The lowest BCUT2D eigenvalue weighted by Gasteiger charge is -2.52. The molecule has 1 fully saturated rings. The topological polar surface area (TPSA) is 63.3 Å². The standard InChI is InChI=1S/C7H7F6NO2/c8-6(9,10)5(7(11,12)13)1-4(14,2-5)3(15)16/h1-2,14H2,(H,15,16). The van der Waals surface area contributed by atoms with Crippen LogP contribution in [0.3, 0.4) is 0 Å². The van der Waals surface area contributed by atoms with Gasteiger partial charge in [0.25, 0.3) is 0 Å². The summed E-state index contributed by atoms with van der Waals surface area (Å²) in [5, 5.41) is 8.40. The van der Waals surface area contributed by atoms with Gasteiger partial charge < -0.3 is 10.8 Å². The zero-order chi connectivity index (χ0) is 13.0. The highest BCUT2D eigenvalue weighted by Crippen LogP contribution is 2.64. The Morgan fingerprint density at radius 1 is 1.06 bits per heavy atom. The van der Waals surface area contributed by atoms with Gasteiger partial charge in [0.15, 0.2) is 5.41 Å². The minimum absolute atomic E-state index is 1.68. The Morgan fingerprint density at radius 2 is 1.38 bits per heavy atom. The van der Waals surface area contributed by atoms with E-state index in [4.69, 9.17) is 10.8 Å². The van der Waals surface area contributed by atoms with Crippen LogP contribution in [0.1, 0.15) is 12.8 Å². The molecule has 0 heterocycles. The maximum absolute atomic E-state index is 12.3. The van der Waals surface area contributed by atoms with Gasteiger partial charge in [-0.05, 0) is 12.8 Å². The van der Waals surface area contributed by atoms with Crippen molar-refractivity contribution < 1.29 is 36.2 Å². The van der Waals surface area contributed by atoms with Crippen LogP contribution in [0.2, 0.25) is 0 Å². The normalized spacial score (nSPS) is 23.7. The highest BCUT2D eigenvalue weighted by atomic mass is 19.4. The maximum Gasteiger partial charge on any atom is 0.403 e. The van der Waals surface area contributed by atoms with Crippen molar-refractivity contribution in [1.82, 2.24) is 0 Å². The summed E-state index contributed by atoms with van der Waals surface area (Å²) < 4.78 is 73.7. The monoisotopic (exact) mass is 251 g/mol. The largest absolute Gasteiger partial charge is 0.480 e. The minimum Gasteiger partial charge on any atom is -0.480 e. The second-order valence-electron chi connectivity index (χ2n) is 3.89. The predicted molar refractivity (Wildman–Crippen MR) is 38.3 cm³/mol. The van der Waals surface area contributed by atoms with Crippen LogP contribution < -0.4 is 5.73 Å². The second kappa shape index (κ2) is 3.02. The Balaban J connectivity index is 3.05. The van der Waals surface area contributed by atoms with Gasteiger partial charge >= 0.3 is 18.3 Å². The van der Waals surface area contributed by atoms with E-state index in [9.17, 15) is 31.1 Å². The molecule has 1 saturated carbocycles. The average Bonchev–Trinajstić information content (AvgIpc) is 1.92. The summed E-state index contributed by atoms with van der Waals surface area (Å²) in [4.78, 5) is 10.4. The number of aliphatic carboxylic acids is 1. The van der Waals surface area contributed by atoms with Gasteiger partial charge in [-0.25, -0.2) is 0 Å². The number of hydrogen-bond acceptors (Lipinski definition) is 2. The first-order valence-electron chi connectivity index (χ1n) is 4.01. The molecule has 1 aliphatic carbocycles. The fourth-order valence-corrected chi connectivity index (χ4v) is 1.74. The van der Waals surface area contributed by atoms with Crippen LogP contribution in [0.4, 0.5) is 26.3 Å². The lowest BCUT2D eigenvalue weighted by atomic mass is 9.56. The van der Waals surface area contributed by atoms with Crippen LogP contribution in [0.25, 0.3) is 0 Å². The van der Waals surface area contributed by atoms with Crippen molar-refractivity contribution in [2.45, 2.75) is 30.7 Å². The first-order chi connectivity index (χ1) is 6.86. The number of hydrogen-bond donors (Lipinski definition) is 2. The lowest BCUT2D eigenvalue weighted by molar-refractivity contribution is -0.375. The highest BCUT2D eigenvalue weighted by molar-refractivity contribution is 5.80. The SMILES string of the molecule is NC1(C(=O)O)CC(C(F)(F)F)(C(F)(F)F)C1. The quantitative estimate of drug-likeness (QED) is 0.697. The van der Waals surface area contributed by atoms with Crippen molar-refractivity contribution in [3.05, 3.63) is 0 Å². The molecule has 9 heteroatoms. The van der Waals surface area contributed by atoms with Gasteiger partial charge in [0.2, 0.25) is 0 Å². The molecule has 1 aliphatic rings. The van der Waals surface area contributed by atoms with E-state index in [0.717, 1.165) is 0 Å². The number of carboxylic acids is 1. The van der Waals surface area contributed by atoms with Crippen molar-refractivity contribution >= 4 is 5.97 Å². The van der Waals surface area contributed by atoms with Crippen molar-refractivity contribution in [2.75, 3.05) is 0 Å². The van der Waals surface area contributed by atoms with E-state index in [1.807, 2.05) is 0 Å². The molecule has 3 N–H and O–H groups in total. The fourth-order valence-electron chi connectivity index (χ4n) is 1.74. The van der Waals surface area contributed by atoms with Crippen LogP contribution >= 0.6 is 0 Å². The third-order valence-electron chi connectivity index (χ3n) is 2.75. The van der Waals surface area contributed by atoms with Crippen LogP contribution in [0.5, 0.6) is 0 Å². The molecule has 0 aromatic rings. The van der Waals surface area contributed by atoms with Gasteiger partial charge in [-0.2, -0.15) is 26.3 Å². The molecular formula is C7H7F6NO2. The highest BCUT2D eigenvalue weighted by Gasteiger charge is 2.80. The Morgan fingerprint density at radius 3 is 1.56 bits per heavy atom. The molecule has 0 aliphatic heterocycles. The molecule has 0 radical (unpaired) electrons. The third-order valence-corrected chi connectivity index (χ3v) is 2.75. The van der Waals surface area contributed by atoms with Crippen LogP contribution in [-0.2, 0) is 4.79 Å². The molecule has 3 nitrogen and oxygen atoms in total. The van der Waals surface area contributed by atoms with Gasteiger partial charge in [-0.15, -0.1) is 0 Å². The number of alkyl halides is 6. The average molecular weight is 251 g/mol. The Kier molecular flexibility index (Phi) is 2.47. The summed E-state index contributed by atoms with van der Waals surface area (Å²) >= 11 is 0. The second-order valence-corrected chi connectivity index (χ2v) is 3.89. The van der Waals surface area contributed by atoms with Crippen LogP contribution in [0, 0.1) is 5.41 Å². The van der Waals surface area contributed by atoms with Crippen LogP contribution in [0.15, 0.2) is 0 Å². The Hall–Kier alpha value is -0.990. The smallest absolute Gasteiger partial charge is 0.403 e. The molecule has 16 heavy (non-hydrogen) atoms. The number of carboxylic acid groups (broad SMARTS) is 1. The van der Waals surface area contributed by atoms with Gasteiger partial charge in [-0.1, -0.05) is 0 Å².